The number of hydrogen-bond acceptors (Lipinski definition) is 7. The minimum Gasteiger partial charge on any atom is -0.381 e. The molecule has 5 rings (SSSR count). The Morgan fingerprint density at radius 1 is 1.30 bits per heavy atom. The largest absolute Gasteiger partial charge is 0.381 e. The molecule has 0 unspecified atom stereocenters. The highest BCUT2D eigenvalue weighted by Crippen LogP contribution is 2.49. The maximum atomic E-state index is 14.8. The van der Waals surface area contributed by atoms with Gasteiger partial charge in [-0.15, -0.1) is 0 Å². The van der Waals surface area contributed by atoms with Gasteiger partial charge in [0.2, 0.25) is 5.91 Å². The molecule has 2 saturated heterocycles. The summed E-state index contributed by atoms with van der Waals surface area (Å²) >= 11 is 1.05. The lowest BCUT2D eigenvalue weighted by Gasteiger charge is -2.41. The van der Waals surface area contributed by atoms with Crippen molar-refractivity contribution in [3.8, 4) is 0 Å². The summed E-state index contributed by atoms with van der Waals surface area (Å²) in [7, 11) is 0. The van der Waals surface area contributed by atoms with Crippen LogP contribution >= 0.6 is 11.8 Å². The number of fused-ring (bicyclic) bond motifs is 1. The fourth-order valence-corrected chi connectivity index (χ4v) is 6.10. The van der Waals surface area contributed by atoms with Crippen LogP contribution in [0.2, 0.25) is 0 Å². The Labute approximate surface area is 195 Å². The van der Waals surface area contributed by atoms with E-state index < -0.39 is 18.4 Å². The van der Waals surface area contributed by atoms with Gasteiger partial charge in [-0.3, -0.25) is 4.79 Å². The number of nitrogens with two attached hydrogens (primary N) is 1. The van der Waals surface area contributed by atoms with Crippen molar-refractivity contribution in [1.82, 2.24) is 9.97 Å². The SMILES string of the molecule is CC(=O)N1CC(F)(F)c2c(Sc3ncc(N4CCC5(CC4)COC[C@H]5C)nc3N)cccc21. The highest BCUT2D eigenvalue weighted by Gasteiger charge is 2.47. The zero-order valence-electron chi connectivity index (χ0n) is 18.7. The van der Waals surface area contributed by atoms with Crippen LogP contribution in [0.25, 0.3) is 0 Å². The summed E-state index contributed by atoms with van der Waals surface area (Å²) in [5.41, 5.74) is 6.52. The number of alkyl halides is 2. The van der Waals surface area contributed by atoms with Crippen LogP contribution in [0.4, 0.5) is 26.1 Å². The molecule has 4 heterocycles. The first-order chi connectivity index (χ1) is 15.7. The summed E-state index contributed by atoms with van der Waals surface area (Å²) in [6, 6.07) is 4.80. The normalized spacial score (nSPS) is 23.2. The van der Waals surface area contributed by atoms with Gasteiger partial charge >= 0.3 is 0 Å². The molecular formula is C23H27F2N5O2S. The Morgan fingerprint density at radius 3 is 2.70 bits per heavy atom. The molecule has 0 bridgehead atoms. The molecule has 33 heavy (non-hydrogen) atoms. The van der Waals surface area contributed by atoms with Crippen molar-refractivity contribution in [1.29, 1.82) is 0 Å². The van der Waals surface area contributed by atoms with Gasteiger partial charge < -0.3 is 20.3 Å². The molecule has 2 aromatic rings. The molecule has 7 nitrogen and oxygen atoms in total. The monoisotopic (exact) mass is 475 g/mol. The molecule has 0 radical (unpaired) electrons. The first-order valence-electron chi connectivity index (χ1n) is 11.1. The van der Waals surface area contributed by atoms with Crippen LogP contribution < -0.4 is 15.5 Å². The number of ether oxygens (including phenoxy) is 1. The van der Waals surface area contributed by atoms with E-state index in [0.717, 1.165) is 55.8 Å². The third-order valence-corrected chi connectivity index (χ3v) is 8.31. The second-order valence-electron chi connectivity index (χ2n) is 9.25. The number of carbonyl (C=O) groups excluding carboxylic acids is 1. The van der Waals surface area contributed by atoms with Crippen molar-refractivity contribution in [2.75, 3.05) is 48.4 Å². The molecule has 1 atom stereocenters. The molecule has 1 aromatic carbocycles. The number of rotatable bonds is 3. The van der Waals surface area contributed by atoms with Gasteiger partial charge in [-0.2, -0.15) is 8.78 Å². The molecule has 1 aromatic heterocycles. The van der Waals surface area contributed by atoms with Crippen molar-refractivity contribution in [3.63, 3.8) is 0 Å². The summed E-state index contributed by atoms with van der Waals surface area (Å²) in [6.45, 7) is 6.24. The Morgan fingerprint density at radius 2 is 2.06 bits per heavy atom. The smallest absolute Gasteiger partial charge is 0.293 e. The number of nitrogens with zero attached hydrogens (tertiary/aromatic N) is 4. The van der Waals surface area contributed by atoms with Crippen LogP contribution in [0, 0.1) is 11.3 Å². The standard InChI is InChI=1S/C23H27F2N5O2S/c1-14-11-32-13-22(14)6-8-29(9-7-22)18-10-27-21(20(26)28-18)33-17-5-3-4-16-19(17)23(24,25)12-30(16)15(2)31/h3-5,10,14H,6-9,11-13H2,1-2H3,(H2,26,28)/t14-/m1/s1. The second kappa shape index (κ2) is 8.09. The highest BCUT2D eigenvalue weighted by molar-refractivity contribution is 7.99. The van der Waals surface area contributed by atoms with Gasteiger partial charge in [-0.1, -0.05) is 24.8 Å². The molecule has 1 amide bonds. The van der Waals surface area contributed by atoms with E-state index in [1.165, 1.54) is 6.92 Å². The third-order valence-electron chi connectivity index (χ3n) is 7.24. The summed E-state index contributed by atoms with van der Waals surface area (Å²) < 4.78 is 35.3. The lowest BCUT2D eigenvalue weighted by molar-refractivity contribution is -0.117. The summed E-state index contributed by atoms with van der Waals surface area (Å²) in [6.07, 6.45) is 3.72. The van der Waals surface area contributed by atoms with E-state index in [-0.39, 0.29) is 22.5 Å². The maximum Gasteiger partial charge on any atom is 0.293 e. The average Bonchev–Trinajstić information content (AvgIpc) is 3.27. The zero-order chi connectivity index (χ0) is 23.4. The van der Waals surface area contributed by atoms with Gasteiger partial charge in [-0.25, -0.2) is 9.97 Å². The summed E-state index contributed by atoms with van der Waals surface area (Å²) in [5.74, 6) is -2.10. The van der Waals surface area contributed by atoms with Crippen LogP contribution in [0.1, 0.15) is 32.3 Å². The van der Waals surface area contributed by atoms with Crippen molar-refractivity contribution < 1.29 is 18.3 Å². The van der Waals surface area contributed by atoms with Crippen LogP contribution in [0.5, 0.6) is 0 Å². The molecule has 2 fully saturated rings. The Kier molecular flexibility index (Phi) is 5.48. The average molecular weight is 476 g/mol. The van der Waals surface area contributed by atoms with E-state index in [9.17, 15) is 13.6 Å². The number of nitrogen functional groups attached to an aromatic ring is 1. The van der Waals surface area contributed by atoms with E-state index in [1.807, 2.05) is 0 Å². The number of hydrogen-bond donors (Lipinski definition) is 1. The van der Waals surface area contributed by atoms with E-state index in [1.54, 1.807) is 24.4 Å². The number of anilines is 3. The van der Waals surface area contributed by atoms with Crippen LogP contribution in [-0.4, -0.2) is 48.7 Å². The van der Waals surface area contributed by atoms with Crippen molar-refractivity contribution in [2.24, 2.45) is 11.3 Å². The maximum absolute atomic E-state index is 14.8. The number of aromatic nitrogens is 2. The van der Waals surface area contributed by atoms with Gasteiger partial charge in [0.25, 0.3) is 5.92 Å². The predicted octanol–water partition coefficient (Wildman–Crippen LogP) is 3.92. The first-order valence-corrected chi connectivity index (χ1v) is 11.9. The van der Waals surface area contributed by atoms with Gasteiger partial charge in [0.1, 0.15) is 10.8 Å². The van der Waals surface area contributed by atoms with Crippen molar-refractivity contribution in [2.45, 2.75) is 42.5 Å². The number of carbonyl (C=O) groups is 1. The van der Waals surface area contributed by atoms with Gasteiger partial charge in [0.15, 0.2) is 5.82 Å². The zero-order valence-corrected chi connectivity index (χ0v) is 19.5. The van der Waals surface area contributed by atoms with E-state index >= 15 is 0 Å². The van der Waals surface area contributed by atoms with Crippen molar-refractivity contribution >= 4 is 35.0 Å². The predicted molar refractivity (Wildman–Crippen MR) is 123 cm³/mol. The molecule has 2 N–H and O–H groups in total. The lowest BCUT2D eigenvalue weighted by atomic mass is 9.72. The quantitative estimate of drug-likeness (QED) is 0.720. The fourth-order valence-electron chi connectivity index (χ4n) is 5.13. The van der Waals surface area contributed by atoms with Gasteiger partial charge in [0.05, 0.1) is 30.6 Å². The van der Waals surface area contributed by atoms with E-state index in [4.69, 9.17) is 10.5 Å². The molecule has 0 saturated carbocycles. The second-order valence-corrected chi connectivity index (χ2v) is 10.3. The molecular weight excluding hydrogens is 448 g/mol. The van der Waals surface area contributed by atoms with Gasteiger partial charge in [-0.05, 0) is 30.9 Å². The molecule has 0 aliphatic carbocycles. The van der Waals surface area contributed by atoms with Crippen LogP contribution in [0.3, 0.4) is 0 Å². The highest BCUT2D eigenvalue weighted by atomic mass is 32.2. The number of halogens is 2. The third kappa shape index (κ3) is 3.82. The minimum atomic E-state index is -3.14. The number of benzene rings is 1. The summed E-state index contributed by atoms with van der Waals surface area (Å²) in [4.78, 5) is 24.4. The molecule has 3 aliphatic heterocycles. The van der Waals surface area contributed by atoms with Gasteiger partial charge in [0, 0.05) is 36.9 Å². The van der Waals surface area contributed by atoms with E-state index in [2.05, 4.69) is 21.8 Å². The fraction of sp³-hybridized carbons (Fsp3) is 0.522. The lowest BCUT2D eigenvalue weighted by Crippen LogP contribution is -2.43. The molecule has 176 valence electrons. The first kappa shape index (κ1) is 22.3. The minimum absolute atomic E-state index is 0.162. The topological polar surface area (TPSA) is 84.6 Å². The molecule has 10 heteroatoms. The number of amides is 1. The Hall–Kier alpha value is -2.46. The Bertz CT molecular complexity index is 1090. The molecule has 3 aliphatic rings. The van der Waals surface area contributed by atoms with Crippen LogP contribution in [-0.2, 0) is 15.5 Å². The van der Waals surface area contributed by atoms with Crippen molar-refractivity contribution in [3.05, 3.63) is 30.0 Å². The van der Waals surface area contributed by atoms with E-state index in [0.29, 0.717) is 21.7 Å². The summed E-state index contributed by atoms with van der Waals surface area (Å²) in [5, 5.41) is 0.371. The molecule has 1 spiro atoms. The number of piperidine rings is 1. The van der Waals surface area contributed by atoms with Crippen LogP contribution in [0.15, 0.2) is 34.3 Å². The Balaban J connectivity index is 1.35.